The summed E-state index contributed by atoms with van der Waals surface area (Å²) in [6, 6.07) is 11.9. The first-order valence-corrected chi connectivity index (χ1v) is 9.54. The highest BCUT2D eigenvalue weighted by Crippen LogP contribution is 2.28. The number of likely N-dealkylation sites (N-methyl/N-ethyl adjacent to an activating group) is 1. The number of hydrogen-bond donors (Lipinski definition) is 1. The third-order valence-corrected chi connectivity index (χ3v) is 5.37. The maximum atomic E-state index is 12.9. The Morgan fingerprint density at radius 1 is 1.26 bits per heavy atom. The summed E-state index contributed by atoms with van der Waals surface area (Å²) in [6.07, 6.45) is 2.70. The highest BCUT2D eigenvalue weighted by Gasteiger charge is 2.26. The molecule has 1 amide bonds. The molecule has 2 atom stereocenters. The van der Waals surface area contributed by atoms with Gasteiger partial charge < -0.3 is 19.9 Å². The van der Waals surface area contributed by atoms with Crippen LogP contribution in [0.2, 0.25) is 0 Å². The third-order valence-electron chi connectivity index (χ3n) is 5.37. The van der Waals surface area contributed by atoms with Gasteiger partial charge >= 0.3 is 0 Å². The molecule has 3 heterocycles. The summed E-state index contributed by atoms with van der Waals surface area (Å²) in [5.41, 5.74) is 2.85. The highest BCUT2D eigenvalue weighted by molar-refractivity contribution is 6.07. The largest absolute Gasteiger partial charge is 0.373 e. The van der Waals surface area contributed by atoms with Gasteiger partial charge in [0.1, 0.15) is 5.82 Å². The Morgan fingerprint density at radius 2 is 2.11 bits per heavy atom. The van der Waals surface area contributed by atoms with E-state index in [1.807, 2.05) is 35.2 Å². The molecule has 0 spiro atoms. The second-order valence-electron chi connectivity index (χ2n) is 7.37. The molecule has 2 aromatic rings. The molecule has 0 saturated carbocycles. The van der Waals surface area contributed by atoms with E-state index in [1.165, 1.54) is 5.56 Å². The molecule has 0 radical (unpaired) electrons. The first kappa shape index (κ1) is 17.9. The predicted molar refractivity (Wildman–Crippen MR) is 106 cm³/mol. The zero-order valence-electron chi connectivity index (χ0n) is 15.9. The summed E-state index contributed by atoms with van der Waals surface area (Å²) in [5.74, 6) is 0.766. The Balaban J connectivity index is 1.41. The molecule has 2 aliphatic heterocycles. The number of amides is 1. The lowest BCUT2D eigenvalue weighted by atomic mass is 10.1. The van der Waals surface area contributed by atoms with Gasteiger partial charge in [0, 0.05) is 31.5 Å². The number of fused-ring (bicyclic) bond motifs is 1. The van der Waals surface area contributed by atoms with Crippen molar-refractivity contribution < 1.29 is 9.53 Å². The minimum Gasteiger partial charge on any atom is -0.373 e. The Bertz CT molecular complexity index is 808. The maximum absolute atomic E-state index is 12.9. The van der Waals surface area contributed by atoms with Gasteiger partial charge in [-0.15, -0.1) is 0 Å². The molecule has 1 aromatic carbocycles. The quantitative estimate of drug-likeness (QED) is 0.901. The van der Waals surface area contributed by atoms with Gasteiger partial charge in [-0.2, -0.15) is 0 Å². The third kappa shape index (κ3) is 3.82. The first-order chi connectivity index (χ1) is 13.1. The van der Waals surface area contributed by atoms with E-state index in [2.05, 4.69) is 35.2 Å². The number of aromatic nitrogens is 1. The van der Waals surface area contributed by atoms with Crippen LogP contribution in [0.5, 0.6) is 0 Å². The summed E-state index contributed by atoms with van der Waals surface area (Å²) >= 11 is 0. The molecule has 2 aliphatic rings. The van der Waals surface area contributed by atoms with Crippen molar-refractivity contribution in [2.45, 2.75) is 25.5 Å². The molecule has 142 valence electrons. The fourth-order valence-electron chi connectivity index (χ4n) is 3.75. The molecule has 1 saturated heterocycles. The fraction of sp³-hybridized carbons (Fsp3) is 0.429. The highest BCUT2D eigenvalue weighted by atomic mass is 16.5. The van der Waals surface area contributed by atoms with E-state index in [0.29, 0.717) is 5.56 Å². The van der Waals surface area contributed by atoms with Crippen molar-refractivity contribution in [2.75, 3.05) is 43.5 Å². The summed E-state index contributed by atoms with van der Waals surface area (Å²) in [7, 11) is 2.11. The normalized spacial score (nSPS) is 21.0. The van der Waals surface area contributed by atoms with Crippen molar-refractivity contribution >= 4 is 17.4 Å². The van der Waals surface area contributed by atoms with Crippen molar-refractivity contribution in [1.29, 1.82) is 0 Å². The molecule has 1 aromatic heterocycles. The lowest BCUT2D eigenvalue weighted by molar-refractivity contribution is -0.0259. The zero-order valence-corrected chi connectivity index (χ0v) is 15.9. The number of benzene rings is 1. The number of nitrogens with zero attached hydrogens (tertiary/aromatic N) is 3. The van der Waals surface area contributed by atoms with E-state index >= 15 is 0 Å². The van der Waals surface area contributed by atoms with Crippen molar-refractivity contribution in [3.8, 4) is 0 Å². The topological polar surface area (TPSA) is 57.7 Å². The zero-order chi connectivity index (χ0) is 18.8. The summed E-state index contributed by atoms with van der Waals surface area (Å²) < 4.78 is 5.85. The lowest BCUT2D eigenvalue weighted by Gasteiger charge is -2.34. The van der Waals surface area contributed by atoms with Crippen LogP contribution in [0.4, 0.5) is 11.5 Å². The Labute approximate surface area is 160 Å². The minimum absolute atomic E-state index is 0.00397. The van der Waals surface area contributed by atoms with E-state index in [4.69, 9.17) is 4.74 Å². The van der Waals surface area contributed by atoms with Crippen LogP contribution in [0.25, 0.3) is 0 Å². The van der Waals surface area contributed by atoms with Crippen LogP contribution >= 0.6 is 0 Å². The van der Waals surface area contributed by atoms with Crippen LogP contribution in [0.15, 0.2) is 42.6 Å². The number of pyridine rings is 1. The van der Waals surface area contributed by atoms with Crippen LogP contribution < -0.4 is 10.2 Å². The number of para-hydroxylation sites is 1. The van der Waals surface area contributed by atoms with E-state index in [1.54, 1.807) is 6.20 Å². The van der Waals surface area contributed by atoms with Crippen LogP contribution in [-0.2, 0) is 11.2 Å². The SMILES string of the molecule is CC(Nc1ccc(C(=O)N2CCc3ccccc32)cn1)C1CN(C)CCO1. The molecule has 27 heavy (non-hydrogen) atoms. The summed E-state index contributed by atoms with van der Waals surface area (Å²) in [4.78, 5) is 21.4. The maximum Gasteiger partial charge on any atom is 0.259 e. The molecule has 4 rings (SSSR count). The number of carbonyl (C=O) groups excluding carboxylic acids is 1. The van der Waals surface area contributed by atoms with Gasteiger partial charge in [-0.25, -0.2) is 4.98 Å². The van der Waals surface area contributed by atoms with Crippen molar-refractivity contribution in [1.82, 2.24) is 9.88 Å². The number of nitrogens with one attached hydrogen (secondary N) is 1. The van der Waals surface area contributed by atoms with E-state index < -0.39 is 0 Å². The molecule has 6 heteroatoms. The smallest absolute Gasteiger partial charge is 0.259 e. The predicted octanol–water partition coefficient (Wildman–Crippen LogP) is 2.42. The van der Waals surface area contributed by atoms with Gasteiger partial charge in [0.15, 0.2) is 0 Å². The van der Waals surface area contributed by atoms with Gasteiger partial charge in [-0.05, 0) is 44.2 Å². The standard InChI is InChI=1S/C21H26N4O2/c1-15(19-14-24(2)11-12-27-19)23-20-8-7-17(13-22-20)21(26)25-10-9-16-5-3-4-6-18(16)25/h3-8,13,15,19H,9-12,14H2,1-2H3,(H,22,23). The Kier molecular flexibility index (Phi) is 5.09. The molecule has 1 N–H and O–H groups in total. The minimum atomic E-state index is 0.00397. The summed E-state index contributed by atoms with van der Waals surface area (Å²) in [6.45, 7) is 5.45. The Hall–Kier alpha value is -2.44. The van der Waals surface area contributed by atoms with Gasteiger partial charge in [-0.3, -0.25) is 4.79 Å². The molecule has 6 nitrogen and oxygen atoms in total. The van der Waals surface area contributed by atoms with E-state index in [-0.39, 0.29) is 18.1 Å². The van der Waals surface area contributed by atoms with Crippen LogP contribution in [0.1, 0.15) is 22.8 Å². The van der Waals surface area contributed by atoms with Crippen LogP contribution in [-0.4, -0.2) is 61.2 Å². The van der Waals surface area contributed by atoms with E-state index in [9.17, 15) is 4.79 Å². The number of ether oxygens (including phenoxy) is 1. The average Bonchev–Trinajstić information content (AvgIpc) is 3.12. The number of hydrogen-bond acceptors (Lipinski definition) is 5. The monoisotopic (exact) mass is 366 g/mol. The number of anilines is 2. The molecular formula is C21H26N4O2. The summed E-state index contributed by atoms with van der Waals surface area (Å²) in [5, 5.41) is 3.40. The Morgan fingerprint density at radius 3 is 2.89 bits per heavy atom. The van der Waals surface area contributed by atoms with Gasteiger partial charge in [0.25, 0.3) is 5.91 Å². The number of carbonyl (C=O) groups is 1. The van der Waals surface area contributed by atoms with Crippen molar-refractivity contribution in [2.24, 2.45) is 0 Å². The van der Waals surface area contributed by atoms with Gasteiger partial charge in [0.2, 0.25) is 0 Å². The average molecular weight is 366 g/mol. The molecule has 0 aliphatic carbocycles. The van der Waals surface area contributed by atoms with Gasteiger partial charge in [-0.1, -0.05) is 18.2 Å². The number of rotatable bonds is 4. The second kappa shape index (κ2) is 7.66. The van der Waals surface area contributed by atoms with Gasteiger partial charge in [0.05, 0.1) is 24.3 Å². The first-order valence-electron chi connectivity index (χ1n) is 9.54. The molecular weight excluding hydrogens is 340 g/mol. The fourth-order valence-corrected chi connectivity index (χ4v) is 3.75. The molecule has 1 fully saturated rings. The number of morpholine rings is 1. The van der Waals surface area contributed by atoms with E-state index in [0.717, 1.165) is 44.2 Å². The lowest BCUT2D eigenvalue weighted by Crippen LogP contribution is -2.47. The second-order valence-corrected chi connectivity index (χ2v) is 7.37. The molecule has 2 unspecified atom stereocenters. The molecule has 0 bridgehead atoms. The van der Waals surface area contributed by atoms with Crippen molar-refractivity contribution in [3.63, 3.8) is 0 Å². The van der Waals surface area contributed by atoms with Crippen molar-refractivity contribution in [3.05, 3.63) is 53.7 Å². The van der Waals surface area contributed by atoms with Crippen LogP contribution in [0.3, 0.4) is 0 Å². The van der Waals surface area contributed by atoms with Crippen LogP contribution in [0, 0.1) is 0 Å².